The van der Waals surface area contributed by atoms with Gasteiger partial charge in [0, 0.05) is 12.6 Å². The van der Waals surface area contributed by atoms with Crippen molar-refractivity contribution in [2.75, 3.05) is 13.1 Å². The van der Waals surface area contributed by atoms with Gasteiger partial charge in [-0.3, -0.25) is 9.59 Å². The molecule has 1 rings (SSSR count). The van der Waals surface area contributed by atoms with Gasteiger partial charge in [0.15, 0.2) is 0 Å². The highest BCUT2D eigenvalue weighted by molar-refractivity contribution is 5.90. The van der Waals surface area contributed by atoms with Crippen molar-refractivity contribution in [1.29, 1.82) is 0 Å². The Labute approximate surface area is 210 Å². The topological polar surface area (TPSA) is 108 Å². The minimum atomic E-state index is -0.881. The molecule has 3 N–H and O–H groups in total. The average Bonchev–Trinajstić information content (AvgIpc) is 2.76. The standard InChI is InChI=1S/C27H45N3O5/c1-7-9-10-11-12-18-30(23(32)19-28-26(34)35-27(4,5)6)24(21-14-16-22(31)17-15-21)25(33)29-20(3)13-8-2/h14-17,20,24,31H,7-13,18-19H2,1-6H3,(H,28,34)(H,29,33). The molecular weight excluding hydrogens is 446 g/mol. The number of aromatic hydroxyl groups is 1. The third-order valence-electron chi connectivity index (χ3n) is 5.48. The molecule has 0 saturated heterocycles. The summed E-state index contributed by atoms with van der Waals surface area (Å²) in [5.41, 5.74) is -0.0844. The van der Waals surface area contributed by atoms with Crippen molar-refractivity contribution in [2.24, 2.45) is 0 Å². The average molecular weight is 492 g/mol. The predicted molar refractivity (Wildman–Crippen MR) is 138 cm³/mol. The van der Waals surface area contributed by atoms with Crippen LogP contribution in [-0.4, -0.2) is 52.6 Å². The molecule has 2 atom stereocenters. The number of alkyl carbamates (subject to hydrolysis) is 1. The van der Waals surface area contributed by atoms with Crippen LogP contribution in [0, 0.1) is 0 Å². The number of hydrogen-bond acceptors (Lipinski definition) is 5. The number of nitrogens with zero attached hydrogens (tertiary/aromatic N) is 1. The number of phenolic OH excluding ortho intramolecular Hbond substituents is 1. The molecule has 0 saturated carbocycles. The number of unbranched alkanes of at least 4 members (excludes halogenated alkanes) is 4. The molecule has 8 heteroatoms. The third-order valence-corrected chi connectivity index (χ3v) is 5.48. The number of hydrogen-bond donors (Lipinski definition) is 3. The van der Waals surface area contributed by atoms with Gasteiger partial charge in [-0.15, -0.1) is 0 Å². The van der Waals surface area contributed by atoms with E-state index in [0.717, 1.165) is 44.9 Å². The lowest BCUT2D eigenvalue weighted by molar-refractivity contribution is -0.140. The van der Waals surface area contributed by atoms with Crippen LogP contribution in [0.1, 0.15) is 98.1 Å². The molecule has 35 heavy (non-hydrogen) atoms. The lowest BCUT2D eigenvalue weighted by Crippen LogP contribution is -2.49. The Bertz CT molecular complexity index is 789. The molecule has 0 aliphatic rings. The molecule has 0 heterocycles. The van der Waals surface area contributed by atoms with E-state index in [2.05, 4.69) is 24.5 Å². The Morgan fingerprint density at radius 1 is 1.00 bits per heavy atom. The maximum Gasteiger partial charge on any atom is 0.408 e. The van der Waals surface area contributed by atoms with E-state index in [0.29, 0.717) is 12.1 Å². The maximum absolute atomic E-state index is 13.4. The molecule has 3 amide bonds. The van der Waals surface area contributed by atoms with E-state index >= 15 is 0 Å². The van der Waals surface area contributed by atoms with Crippen LogP contribution >= 0.6 is 0 Å². The molecule has 0 fully saturated rings. The van der Waals surface area contributed by atoms with E-state index in [1.165, 1.54) is 17.0 Å². The fraction of sp³-hybridized carbons (Fsp3) is 0.667. The monoisotopic (exact) mass is 491 g/mol. The first kappa shape index (κ1) is 30.3. The van der Waals surface area contributed by atoms with Gasteiger partial charge in [-0.2, -0.15) is 0 Å². The second kappa shape index (κ2) is 15.3. The zero-order valence-electron chi connectivity index (χ0n) is 22.4. The number of phenols is 1. The van der Waals surface area contributed by atoms with Gasteiger partial charge in [0.2, 0.25) is 11.8 Å². The molecule has 0 radical (unpaired) electrons. The summed E-state index contributed by atoms with van der Waals surface area (Å²) in [7, 11) is 0. The number of nitrogens with one attached hydrogen (secondary N) is 2. The van der Waals surface area contributed by atoms with Crippen molar-refractivity contribution in [3.05, 3.63) is 29.8 Å². The highest BCUT2D eigenvalue weighted by Gasteiger charge is 2.32. The molecule has 0 spiro atoms. The molecule has 0 aliphatic heterocycles. The van der Waals surface area contributed by atoms with Crippen LogP contribution < -0.4 is 10.6 Å². The van der Waals surface area contributed by atoms with E-state index in [1.54, 1.807) is 32.9 Å². The Hall–Kier alpha value is -2.77. The first-order chi connectivity index (χ1) is 16.5. The van der Waals surface area contributed by atoms with E-state index in [4.69, 9.17) is 4.74 Å². The number of benzene rings is 1. The van der Waals surface area contributed by atoms with Crippen molar-refractivity contribution in [2.45, 2.75) is 104 Å². The van der Waals surface area contributed by atoms with Gasteiger partial charge in [-0.1, -0.05) is 58.1 Å². The van der Waals surface area contributed by atoms with Gasteiger partial charge in [0.1, 0.15) is 23.9 Å². The van der Waals surface area contributed by atoms with Crippen LogP contribution in [0.2, 0.25) is 0 Å². The highest BCUT2D eigenvalue weighted by atomic mass is 16.6. The smallest absolute Gasteiger partial charge is 0.408 e. The molecule has 198 valence electrons. The minimum Gasteiger partial charge on any atom is -0.508 e. The zero-order chi connectivity index (χ0) is 26.4. The summed E-state index contributed by atoms with van der Waals surface area (Å²) >= 11 is 0. The molecule has 8 nitrogen and oxygen atoms in total. The fourth-order valence-corrected chi connectivity index (χ4v) is 3.80. The van der Waals surface area contributed by atoms with E-state index < -0.39 is 17.7 Å². The van der Waals surface area contributed by atoms with Crippen LogP contribution in [-0.2, 0) is 14.3 Å². The highest BCUT2D eigenvalue weighted by Crippen LogP contribution is 2.25. The Morgan fingerprint density at radius 2 is 1.63 bits per heavy atom. The first-order valence-electron chi connectivity index (χ1n) is 12.8. The summed E-state index contributed by atoms with van der Waals surface area (Å²) in [4.78, 5) is 40.5. The minimum absolute atomic E-state index is 0.0477. The summed E-state index contributed by atoms with van der Waals surface area (Å²) in [6.07, 6.45) is 6.01. The van der Waals surface area contributed by atoms with Crippen LogP contribution in [0.4, 0.5) is 4.79 Å². The Morgan fingerprint density at radius 3 is 2.20 bits per heavy atom. The molecule has 0 bridgehead atoms. The summed E-state index contributed by atoms with van der Waals surface area (Å²) in [6.45, 7) is 11.5. The number of carbonyl (C=O) groups is 3. The lowest BCUT2D eigenvalue weighted by Gasteiger charge is -2.32. The summed E-state index contributed by atoms with van der Waals surface area (Å²) in [5, 5.41) is 15.3. The fourth-order valence-electron chi connectivity index (χ4n) is 3.80. The maximum atomic E-state index is 13.4. The summed E-state index contributed by atoms with van der Waals surface area (Å²) in [5.74, 6) is -0.574. The molecule has 1 aromatic rings. The van der Waals surface area contributed by atoms with Gasteiger partial charge in [0.05, 0.1) is 0 Å². The van der Waals surface area contributed by atoms with Gasteiger partial charge in [0.25, 0.3) is 0 Å². The molecule has 2 unspecified atom stereocenters. The van der Waals surface area contributed by atoms with Gasteiger partial charge < -0.3 is 25.4 Å². The van der Waals surface area contributed by atoms with Crippen LogP contribution in [0.5, 0.6) is 5.75 Å². The van der Waals surface area contributed by atoms with Gasteiger partial charge in [-0.25, -0.2) is 4.79 Å². The normalized spacial score (nSPS) is 13.0. The first-order valence-corrected chi connectivity index (χ1v) is 12.8. The number of rotatable bonds is 14. The predicted octanol–water partition coefficient (Wildman–Crippen LogP) is 5.06. The molecule has 0 aromatic heterocycles. The van der Waals surface area contributed by atoms with Crippen molar-refractivity contribution in [3.63, 3.8) is 0 Å². The molecular formula is C27H45N3O5. The third kappa shape index (κ3) is 12.0. The second-order valence-corrected chi connectivity index (χ2v) is 10.0. The van der Waals surface area contributed by atoms with Gasteiger partial charge in [-0.05, 0) is 58.2 Å². The Kier molecular flexibility index (Phi) is 13.2. The molecule has 0 aliphatic carbocycles. The Balaban J connectivity index is 3.17. The van der Waals surface area contributed by atoms with Crippen molar-refractivity contribution in [1.82, 2.24) is 15.5 Å². The van der Waals surface area contributed by atoms with E-state index in [1.807, 2.05) is 6.92 Å². The van der Waals surface area contributed by atoms with Crippen molar-refractivity contribution in [3.8, 4) is 5.75 Å². The largest absolute Gasteiger partial charge is 0.508 e. The zero-order valence-corrected chi connectivity index (χ0v) is 22.4. The molecule has 1 aromatic carbocycles. The van der Waals surface area contributed by atoms with Crippen LogP contribution in [0.15, 0.2) is 24.3 Å². The number of ether oxygens (including phenoxy) is 1. The van der Waals surface area contributed by atoms with Crippen LogP contribution in [0.3, 0.4) is 0 Å². The number of amides is 3. The van der Waals surface area contributed by atoms with E-state index in [9.17, 15) is 19.5 Å². The van der Waals surface area contributed by atoms with Crippen molar-refractivity contribution >= 4 is 17.9 Å². The number of carbonyl (C=O) groups excluding carboxylic acids is 3. The lowest BCUT2D eigenvalue weighted by atomic mass is 10.0. The summed E-state index contributed by atoms with van der Waals surface area (Å²) in [6, 6.07) is 5.40. The van der Waals surface area contributed by atoms with E-state index in [-0.39, 0.29) is 30.2 Å². The quantitative estimate of drug-likeness (QED) is 0.315. The van der Waals surface area contributed by atoms with Crippen LogP contribution in [0.25, 0.3) is 0 Å². The second-order valence-electron chi connectivity index (χ2n) is 10.0. The van der Waals surface area contributed by atoms with Gasteiger partial charge >= 0.3 is 6.09 Å². The summed E-state index contributed by atoms with van der Waals surface area (Å²) < 4.78 is 5.25. The SMILES string of the molecule is CCCCCCCN(C(=O)CNC(=O)OC(C)(C)C)C(C(=O)NC(C)CCC)c1ccc(O)cc1. The van der Waals surface area contributed by atoms with Crippen molar-refractivity contribution < 1.29 is 24.2 Å².